The minimum atomic E-state index is -1.16. The van der Waals surface area contributed by atoms with E-state index in [2.05, 4.69) is 12.2 Å². The van der Waals surface area contributed by atoms with Gasteiger partial charge in [0.25, 0.3) is 5.91 Å². The van der Waals surface area contributed by atoms with Gasteiger partial charge in [-0.2, -0.15) is 0 Å². The highest BCUT2D eigenvalue weighted by Gasteiger charge is 2.20. The number of hydrogen-bond acceptors (Lipinski definition) is 7. The number of nitrogens with zero attached hydrogens (tertiary/aromatic N) is 1. The van der Waals surface area contributed by atoms with Crippen LogP contribution in [0.4, 0.5) is 5.69 Å². The lowest BCUT2D eigenvalue weighted by Gasteiger charge is -2.21. The highest BCUT2D eigenvalue weighted by molar-refractivity contribution is 5.97. The van der Waals surface area contributed by atoms with E-state index in [0.717, 1.165) is 29.7 Å². The number of aliphatic carboxylic acids is 1. The summed E-state index contributed by atoms with van der Waals surface area (Å²) < 4.78 is 16.5. The molecule has 4 aromatic carbocycles. The van der Waals surface area contributed by atoms with E-state index in [1.165, 1.54) is 24.2 Å². The molecule has 0 spiro atoms. The van der Waals surface area contributed by atoms with Crippen molar-refractivity contribution in [3.63, 3.8) is 0 Å². The molecule has 0 unspecified atom stereocenters. The summed E-state index contributed by atoms with van der Waals surface area (Å²) in [6, 6.07) is 25.2. The third-order valence-corrected chi connectivity index (χ3v) is 7.97. The lowest BCUT2D eigenvalue weighted by Crippen LogP contribution is -2.35. The minimum Gasteiger partial charge on any atom is -0.496 e. The number of unbranched alkanes of at least 4 members (excludes halogenated alkanes) is 4. The standard InChI is InChI=1S/C40H44N2O8/c1-4-5-6-7-8-23-49-34-20-14-32(15-21-34)40(47)50-35-18-9-29(10-19-35)26-42(27-38(44)45)39(46)31-12-16-33(17-13-31)41-37(43)25-30-11-22-36(48-3)28(2)24-30/h9-22,24H,4-8,23,25-27H2,1-3H3,(H,41,43)(H,44,45). The first-order chi connectivity index (χ1) is 24.1. The number of ether oxygens (including phenoxy) is 3. The summed E-state index contributed by atoms with van der Waals surface area (Å²) in [5.41, 5.74) is 3.56. The number of anilines is 1. The molecular weight excluding hydrogens is 636 g/mol. The Kier molecular flexibility index (Phi) is 14.0. The van der Waals surface area contributed by atoms with Crippen LogP contribution in [0.1, 0.15) is 76.4 Å². The number of carbonyl (C=O) groups excluding carboxylic acids is 3. The Balaban J connectivity index is 1.30. The van der Waals surface area contributed by atoms with E-state index in [9.17, 15) is 24.3 Å². The molecule has 2 amide bonds. The number of carbonyl (C=O) groups is 4. The molecule has 0 heterocycles. The zero-order valence-corrected chi connectivity index (χ0v) is 28.8. The van der Waals surface area contributed by atoms with Crippen LogP contribution in [0.3, 0.4) is 0 Å². The molecule has 0 saturated carbocycles. The Morgan fingerprint density at radius 2 is 1.40 bits per heavy atom. The Hall–Kier alpha value is -5.64. The highest BCUT2D eigenvalue weighted by Crippen LogP contribution is 2.21. The molecular formula is C40H44N2O8. The maximum atomic E-state index is 13.3. The van der Waals surface area contributed by atoms with Crippen molar-refractivity contribution in [2.75, 3.05) is 25.6 Å². The fourth-order valence-electron chi connectivity index (χ4n) is 5.31. The van der Waals surface area contributed by atoms with Crippen LogP contribution in [-0.2, 0) is 22.6 Å². The minimum absolute atomic E-state index is 0.0131. The number of hydrogen-bond donors (Lipinski definition) is 2. The number of esters is 1. The third-order valence-electron chi connectivity index (χ3n) is 7.97. The smallest absolute Gasteiger partial charge is 0.343 e. The van der Waals surface area contributed by atoms with E-state index >= 15 is 0 Å². The number of methoxy groups -OCH3 is 1. The molecule has 262 valence electrons. The molecule has 0 aromatic heterocycles. The van der Waals surface area contributed by atoms with Crippen LogP contribution in [0, 0.1) is 6.92 Å². The van der Waals surface area contributed by atoms with Crippen LogP contribution in [0.2, 0.25) is 0 Å². The molecule has 4 rings (SSSR count). The fraction of sp³-hybridized carbons (Fsp3) is 0.300. The van der Waals surface area contributed by atoms with E-state index < -0.39 is 24.4 Å². The number of aryl methyl sites for hydroxylation is 1. The van der Waals surface area contributed by atoms with Crippen molar-refractivity contribution < 1.29 is 38.5 Å². The van der Waals surface area contributed by atoms with E-state index in [1.807, 2.05) is 25.1 Å². The maximum absolute atomic E-state index is 13.3. The zero-order chi connectivity index (χ0) is 35.9. The van der Waals surface area contributed by atoms with Gasteiger partial charge in [0.2, 0.25) is 5.91 Å². The van der Waals surface area contributed by atoms with Gasteiger partial charge in [0.15, 0.2) is 0 Å². The molecule has 0 radical (unpaired) electrons. The van der Waals surface area contributed by atoms with Gasteiger partial charge in [-0.3, -0.25) is 14.4 Å². The first kappa shape index (κ1) is 37.2. The summed E-state index contributed by atoms with van der Waals surface area (Å²) in [6.07, 6.45) is 5.92. The van der Waals surface area contributed by atoms with Crippen LogP contribution in [0.25, 0.3) is 0 Å². The third kappa shape index (κ3) is 11.5. The SMILES string of the molecule is CCCCCCCOc1ccc(C(=O)Oc2ccc(CN(CC(=O)O)C(=O)c3ccc(NC(=O)Cc4ccc(OC)c(C)c4)cc3)cc2)cc1. The first-order valence-electron chi connectivity index (χ1n) is 16.7. The van der Waals surface area contributed by atoms with Crippen molar-refractivity contribution in [1.29, 1.82) is 0 Å². The normalized spacial score (nSPS) is 10.6. The van der Waals surface area contributed by atoms with Gasteiger partial charge in [-0.05, 0) is 96.8 Å². The average molecular weight is 681 g/mol. The molecule has 4 aromatic rings. The number of rotatable bonds is 18. The van der Waals surface area contributed by atoms with Gasteiger partial charge >= 0.3 is 11.9 Å². The van der Waals surface area contributed by atoms with E-state index in [0.29, 0.717) is 34.9 Å². The van der Waals surface area contributed by atoms with E-state index in [1.54, 1.807) is 79.9 Å². The summed E-state index contributed by atoms with van der Waals surface area (Å²) in [5.74, 6) is -0.648. The molecule has 10 heteroatoms. The second kappa shape index (κ2) is 18.8. The van der Waals surface area contributed by atoms with Crippen molar-refractivity contribution in [2.45, 2.75) is 58.9 Å². The van der Waals surface area contributed by atoms with Gasteiger partial charge in [-0.25, -0.2) is 4.79 Å². The summed E-state index contributed by atoms with van der Waals surface area (Å²) in [5, 5.41) is 12.3. The molecule has 10 nitrogen and oxygen atoms in total. The molecule has 0 bridgehead atoms. The van der Waals surface area contributed by atoms with Crippen LogP contribution in [0.5, 0.6) is 17.2 Å². The van der Waals surface area contributed by atoms with Crippen LogP contribution >= 0.6 is 0 Å². The Labute approximate surface area is 293 Å². The lowest BCUT2D eigenvalue weighted by molar-refractivity contribution is -0.137. The van der Waals surface area contributed by atoms with Gasteiger partial charge < -0.3 is 29.5 Å². The van der Waals surface area contributed by atoms with Gasteiger partial charge in [0, 0.05) is 17.8 Å². The van der Waals surface area contributed by atoms with Gasteiger partial charge in [0.1, 0.15) is 23.8 Å². The van der Waals surface area contributed by atoms with Crippen molar-refractivity contribution >= 4 is 29.4 Å². The highest BCUT2D eigenvalue weighted by atomic mass is 16.5. The van der Waals surface area contributed by atoms with Crippen LogP contribution in [-0.4, -0.2) is 54.0 Å². The van der Waals surface area contributed by atoms with Gasteiger partial charge in [0.05, 0.1) is 25.7 Å². The van der Waals surface area contributed by atoms with Crippen LogP contribution < -0.4 is 19.5 Å². The zero-order valence-electron chi connectivity index (χ0n) is 28.8. The number of carboxylic acids is 1. The number of carboxylic acid groups (broad SMARTS) is 1. The van der Waals surface area contributed by atoms with Crippen molar-refractivity contribution in [3.8, 4) is 17.2 Å². The second-order valence-corrected chi connectivity index (χ2v) is 12.0. The van der Waals surface area contributed by atoms with Crippen molar-refractivity contribution in [2.24, 2.45) is 0 Å². The predicted octanol–water partition coefficient (Wildman–Crippen LogP) is 7.48. The number of nitrogens with one attached hydrogen (secondary N) is 1. The molecule has 0 fully saturated rings. The van der Waals surface area contributed by atoms with Gasteiger partial charge in [-0.15, -0.1) is 0 Å². The summed E-state index contributed by atoms with van der Waals surface area (Å²) in [6.45, 7) is 4.21. The molecule has 0 saturated heterocycles. The Morgan fingerprint density at radius 3 is 2.04 bits per heavy atom. The summed E-state index contributed by atoms with van der Waals surface area (Å²) in [7, 11) is 1.59. The summed E-state index contributed by atoms with van der Waals surface area (Å²) >= 11 is 0. The largest absolute Gasteiger partial charge is 0.496 e. The average Bonchev–Trinajstić information content (AvgIpc) is 3.10. The lowest BCUT2D eigenvalue weighted by atomic mass is 10.1. The molecule has 2 N–H and O–H groups in total. The Morgan fingerprint density at radius 1 is 0.760 bits per heavy atom. The summed E-state index contributed by atoms with van der Waals surface area (Å²) in [4.78, 5) is 51.5. The first-order valence-corrected chi connectivity index (χ1v) is 16.7. The van der Waals surface area contributed by atoms with Crippen molar-refractivity contribution in [1.82, 2.24) is 4.90 Å². The monoisotopic (exact) mass is 680 g/mol. The maximum Gasteiger partial charge on any atom is 0.343 e. The van der Waals surface area contributed by atoms with Crippen LogP contribution in [0.15, 0.2) is 91.0 Å². The molecule has 0 aliphatic rings. The van der Waals surface area contributed by atoms with E-state index in [-0.39, 0.29) is 24.4 Å². The topological polar surface area (TPSA) is 131 Å². The quantitative estimate of drug-likeness (QED) is 0.0628. The predicted molar refractivity (Wildman–Crippen MR) is 191 cm³/mol. The molecule has 0 atom stereocenters. The van der Waals surface area contributed by atoms with Gasteiger partial charge in [-0.1, -0.05) is 56.9 Å². The Bertz CT molecular complexity index is 1740. The second-order valence-electron chi connectivity index (χ2n) is 12.0. The molecule has 0 aliphatic carbocycles. The van der Waals surface area contributed by atoms with Crippen molar-refractivity contribution in [3.05, 3.63) is 119 Å². The molecule has 0 aliphatic heterocycles. The number of benzene rings is 4. The van der Waals surface area contributed by atoms with E-state index in [4.69, 9.17) is 14.2 Å². The fourth-order valence-corrected chi connectivity index (χ4v) is 5.31. The number of amides is 2. The molecule has 50 heavy (non-hydrogen) atoms.